The maximum Gasteiger partial charge on any atom is 0.116 e. The zero-order chi connectivity index (χ0) is 13.1. The van der Waals surface area contributed by atoms with Crippen LogP contribution in [-0.2, 0) is 0 Å². The predicted octanol–water partition coefficient (Wildman–Crippen LogP) is 2.83. The minimum Gasteiger partial charge on any atom is -0.263 e. The molecule has 3 nitrogen and oxygen atoms in total. The predicted molar refractivity (Wildman–Crippen MR) is 81.8 cm³/mol. The first-order valence-corrected chi connectivity index (χ1v) is 6.54. The molecule has 3 aromatic carbocycles. The topological polar surface area (TPSA) is 38.1 Å². The van der Waals surface area contributed by atoms with Crippen molar-refractivity contribution < 1.29 is 0 Å². The first-order chi connectivity index (χ1) is 9.92. The summed E-state index contributed by atoms with van der Waals surface area (Å²) in [5.74, 6) is 0. The summed E-state index contributed by atoms with van der Waals surface area (Å²) in [6, 6.07) is 12.7. The second-order valence-electron chi connectivity index (χ2n) is 5.04. The molecule has 0 radical (unpaired) electrons. The minimum absolute atomic E-state index is 0.995. The molecule has 2 heterocycles. The van der Waals surface area contributed by atoms with Crippen LogP contribution >= 0.6 is 0 Å². The van der Waals surface area contributed by atoms with E-state index in [9.17, 15) is 0 Å². The first-order valence-electron chi connectivity index (χ1n) is 6.54. The van der Waals surface area contributed by atoms with Crippen molar-refractivity contribution in [2.45, 2.75) is 0 Å². The van der Waals surface area contributed by atoms with Crippen molar-refractivity contribution in [1.82, 2.24) is 9.97 Å². The van der Waals surface area contributed by atoms with Gasteiger partial charge in [-0.3, -0.25) is 4.99 Å². The fourth-order valence-electron chi connectivity index (χ4n) is 3.08. The lowest BCUT2D eigenvalue weighted by molar-refractivity contribution is 1.27. The number of hydrogen-bond acceptors (Lipinski definition) is 3. The van der Waals surface area contributed by atoms with E-state index >= 15 is 0 Å². The fourth-order valence-corrected chi connectivity index (χ4v) is 3.08. The summed E-state index contributed by atoms with van der Waals surface area (Å²) in [6.07, 6.45) is 5.47. The summed E-state index contributed by atoms with van der Waals surface area (Å²) >= 11 is 0. The van der Waals surface area contributed by atoms with E-state index in [0.29, 0.717) is 0 Å². The SMILES string of the molecule is C1=NC=c2c1ccc1c2cc2cccc3ncnc1c23. The number of aliphatic imine (C=N–C) groups is 1. The third kappa shape index (κ3) is 1.12. The maximum absolute atomic E-state index is 4.52. The lowest BCUT2D eigenvalue weighted by Crippen LogP contribution is -2.06. The molecule has 0 atom stereocenters. The highest BCUT2D eigenvalue weighted by Crippen LogP contribution is 2.30. The zero-order valence-electron chi connectivity index (χ0n) is 10.5. The Hall–Kier alpha value is -2.81. The van der Waals surface area contributed by atoms with E-state index in [1.165, 1.54) is 21.6 Å². The van der Waals surface area contributed by atoms with E-state index in [-0.39, 0.29) is 0 Å². The molecular formula is C17H9N3. The highest BCUT2D eigenvalue weighted by Gasteiger charge is 2.11. The number of aromatic nitrogens is 2. The van der Waals surface area contributed by atoms with Crippen LogP contribution in [0.1, 0.15) is 5.56 Å². The van der Waals surface area contributed by atoms with Crippen LogP contribution < -0.4 is 5.22 Å². The maximum atomic E-state index is 4.52. The molecule has 0 amide bonds. The van der Waals surface area contributed by atoms with Crippen molar-refractivity contribution in [1.29, 1.82) is 0 Å². The normalized spacial score (nSPS) is 13.2. The van der Waals surface area contributed by atoms with Crippen molar-refractivity contribution in [3.63, 3.8) is 0 Å². The van der Waals surface area contributed by atoms with Gasteiger partial charge in [0.25, 0.3) is 0 Å². The molecule has 0 saturated carbocycles. The molecule has 0 saturated heterocycles. The van der Waals surface area contributed by atoms with E-state index in [1.807, 2.05) is 24.5 Å². The average Bonchev–Trinajstić information content (AvgIpc) is 2.97. The number of hydrogen-bond donors (Lipinski definition) is 0. The largest absolute Gasteiger partial charge is 0.263 e. The summed E-state index contributed by atoms with van der Waals surface area (Å²) in [7, 11) is 0. The quantitative estimate of drug-likeness (QED) is 0.358. The number of nitrogens with zero attached hydrogens (tertiary/aromatic N) is 3. The Morgan fingerprint density at radius 1 is 0.900 bits per heavy atom. The molecule has 0 N–H and O–H groups in total. The van der Waals surface area contributed by atoms with Gasteiger partial charge in [0.1, 0.15) is 6.33 Å². The van der Waals surface area contributed by atoms with E-state index in [0.717, 1.165) is 21.8 Å². The molecule has 1 aliphatic heterocycles. The summed E-state index contributed by atoms with van der Waals surface area (Å²) in [5, 5.41) is 5.87. The second-order valence-corrected chi connectivity index (χ2v) is 5.04. The standard InChI is InChI=1S/C17H9N3/c1-2-10-6-13-12(5-4-11-7-18-8-14(11)13)17-16(10)15(3-1)19-9-20-17/h1-9H. The van der Waals surface area contributed by atoms with Gasteiger partial charge in [0.05, 0.1) is 11.0 Å². The zero-order valence-corrected chi connectivity index (χ0v) is 10.5. The van der Waals surface area contributed by atoms with Crippen molar-refractivity contribution >= 4 is 45.0 Å². The van der Waals surface area contributed by atoms with Crippen LogP contribution in [0.25, 0.3) is 38.8 Å². The van der Waals surface area contributed by atoms with Crippen LogP contribution in [0.3, 0.4) is 0 Å². The molecule has 0 unspecified atom stereocenters. The van der Waals surface area contributed by atoms with Crippen LogP contribution in [-0.4, -0.2) is 16.2 Å². The van der Waals surface area contributed by atoms with Crippen LogP contribution in [0.15, 0.2) is 47.7 Å². The lowest BCUT2D eigenvalue weighted by atomic mass is 9.98. The van der Waals surface area contributed by atoms with Gasteiger partial charge < -0.3 is 0 Å². The van der Waals surface area contributed by atoms with Gasteiger partial charge >= 0.3 is 0 Å². The first kappa shape index (κ1) is 10.0. The van der Waals surface area contributed by atoms with Gasteiger partial charge in [-0.25, -0.2) is 9.97 Å². The third-order valence-corrected chi connectivity index (χ3v) is 3.99. The number of benzene rings is 3. The number of rotatable bonds is 0. The molecule has 92 valence electrons. The van der Waals surface area contributed by atoms with Gasteiger partial charge in [-0.15, -0.1) is 0 Å². The fraction of sp³-hybridized carbons (Fsp3) is 0. The van der Waals surface area contributed by atoms with E-state index in [1.54, 1.807) is 6.33 Å². The molecule has 0 bridgehead atoms. The average molecular weight is 255 g/mol. The molecular weight excluding hydrogens is 246 g/mol. The second kappa shape index (κ2) is 3.39. The summed E-state index contributed by atoms with van der Waals surface area (Å²) in [5.41, 5.74) is 3.19. The van der Waals surface area contributed by atoms with Gasteiger partial charge in [-0.2, -0.15) is 0 Å². The molecule has 3 heteroatoms. The van der Waals surface area contributed by atoms with Crippen molar-refractivity contribution in [3.05, 3.63) is 53.5 Å². The molecule has 0 spiro atoms. The molecule has 0 aliphatic carbocycles. The van der Waals surface area contributed by atoms with E-state index in [4.69, 9.17) is 0 Å². The Morgan fingerprint density at radius 2 is 1.90 bits per heavy atom. The van der Waals surface area contributed by atoms with Crippen LogP contribution in [0.5, 0.6) is 0 Å². The molecule has 1 aromatic heterocycles. The summed E-state index contributed by atoms with van der Waals surface area (Å²) in [6.45, 7) is 0. The van der Waals surface area contributed by atoms with E-state index in [2.05, 4.69) is 39.2 Å². The Bertz CT molecular complexity index is 1090. The minimum atomic E-state index is 0.995. The highest BCUT2D eigenvalue weighted by molar-refractivity contribution is 6.19. The van der Waals surface area contributed by atoms with Gasteiger partial charge in [0.15, 0.2) is 0 Å². The molecule has 5 rings (SSSR count). The van der Waals surface area contributed by atoms with Gasteiger partial charge in [-0.05, 0) is 22.9 Å². The van der Waals surface area contributed by atoms with Crippen LogP contribution in [0, 0.1) is 0 Å². The lowest BCUT2D eigenvalue weighted by Gasteiger charge is -2.08. The van der Waals surface area contributed by atoms with Gasteiger partial charge in [0.2, 0.25) is 0 Å². The van der Waals surface area contributed by atoms with Crippen molar-refractivity contribution in [3.8, 4) is 0 Å². The molecule has 0 fully saturated rings. The Labute approximate surface area is 114 Å². The Morgan fingerprint density at radius 3 is 2.90 bits per heavy atom. The summed E-state index contributed by atoms with van der Waals surface area (Å²) in [4.78, 5) is 13.1. The molecule has 20 heavy (non-hydrogen) atoms. The monoisotopic (exact) mass is 255 g/mol. The number of fused-ring (bicyclic) bond motifs is 4. The Kier molecular flexibility index (Phi) is 1.70. The third-order valence-electron chi connectivity index (χ3n) is 3.99. The molecule has 1 aliphatic rings. The molecule has 4 aromatic rings. The Balaban J connectivity index is 2.18. The van der Waals surface area contributed by atoms with Gasteiger partial charge in [0, 0.05) is 34.0 Å². The van der Waals surface area contributed by atoms with Crippen molar-refractivity contribution in [2.24, 2.45) is 4.99 Å². The van der Waals surface area contributed by atoms with Gasteiger partial charge in [-0.1, -0.05) is 24.3 Å². The van der Waals surface area contributed by atoms with Crippen LogP contribution in [0.2, 0.25) is 0 Å². The van der Waals surface area contributed by atoms with Crippen LogP contribution in [0.4, 0.5) is 0 Å². The highest BCUT2D eigenvalue weighted by atomic mass is 14.8. The smallest absolute Gasteiger partial charge is 0.116 e. The summed E-state index contributed by atoms with van der Waals surface area (Å²) < 4.78 is 0. The van der Waals surface area contributed by atoms with Crippen molar-refractivity contribution in [2.75, 3.05) is 0 Å². The van der Waals surface area contributed by atoms with E-state index < -0.39 is 0 Å².